The summed E-state index contributed by atoms with van der Waals surface area (Å²) in [6.07, 6.45) is 0. The van der Waals surface area contributed by atoms with Gasteiger partial charge in [-0.2, -0.15) is 0 Å². The van der Waals surface area contributed by atoms with Crippen LogP contribution in [-0.4, -0.2) is 0 Å². The van der Waals surface area contributed by atoms with E-state index < -0.39 is 20.1 Å². The van der Waals surface area contributed by atoms with Gasteiger partial charge in [0.2, 0.25) is 0 Å². The summed E-state index contributed by atoms with van der Waals surface area (Å²) in [7, 11) is 0. The molecule has 0 radical (unpaired) electrons. The van der Waals surface area contributed by atoms with E-state index >= 15 is 0 Å². The molecule has 11 heteroatoms. The second-order valence-corrected chi connectivity index (χ2v) is 8.87. The van der Waals surface area contributed by atoms with E-state index in [4.69, 9.17) is 0 Å². The van der Waals surface area contributed by atoms with E-state index in [2.05, 4.69) is 0 Å². The molecule has 0 aromatic heterocycles. The molecule has 0 heterocycles. The Balaban J connectivity index is -0.0000000817. The van der Waals surface area contributed by atoms with Crippen molar-refractivity contribution in [2.24, 2.45) is 0 Å². The summed E-state index contributed by atoms with van der Waals surface area (Å²) in [5.41, 5.74) is 0. The van der Waals surface area contributed by atoms with Gasteiger partial charge in [-0.25, -0.2) is 0 Å². The first-order chi connectivity index (χ1) is 2.65. The van der Waals surface area contributed by atoms with Crippen LogP contribution in [0.4, 0.5) is 18.4 Å². The first-order valence-electron chi connectivity index (χ1n) is 1.32. The van der Waals surface area contributed by atoms with Crippen LogP contribution in [0.5, 0.6) is 0 Å². The minimum absolute atomic E-state index is 0. The van der Waals surface area contributed by atoms with Crippen LogP contribution >= 0.6 is 0 Å². The Bertz CT molecular complexity index is 106. The first kappa shape index (κ1) is 23.9. The van der Waals surface area contributed by atoms with Crippen LogP contribution in [0, 0.1) is 0 Å². The van der Waals surface area contributed by atoms with Crippen LogP contribution in [-0.2, 0) is 20.1 Å². The molecule has 11 heavy (non-hydrogen) atoms. The number of rotatable bonds is 0. The molecule has 0 aliphatic carbocycles. The molecule has 0 nitrogen and oxygen atoms in total. The van der Waals surface area contributed by atoms with E-state index in [9.17, 15) is 18.4 Å². The van der Waals surface area contributed by atoms with Crippen molar-refractivity contribution < 1.29 is 127 Å². The second-order valence-electron chi connectivity index (χ2n) is 1.50. The largest absolute Gasteiger partial charge is 1.00 e. The number of hydrogen-bond acceptors (Lipinski definition) is 0. The average molecular weight is 293 g/mol. The van der Waals surface area contributed by atoms with Gasteiger partial charge in [0.25, 0.3) is 0 Å². The van der Waals surface area contributed by atoms with Gasteiger partial charge in [0.1, 0.15) is 0 Å². The van der Waals surface area contributed by atoms with Gasteiger partial charge in [0, 0.05) is 0 Å². The standard InChI is InChI=1S/7FH.3Na.Zr/h7*1H;;;;/q;;;;;;;3*+1;+4/p-7. The van der Waals surface area contributed by atoms with Crippen LogP contribution in [0.25, 0.3) is 0 Å². The molecule has 0 rings (SSSR count). The summed E-state index contributed by atoms with van der Waals surface area (Å²) >= 11 is -13.4. The van der Waals surface area contributed by atoms with E-state index in [1.807, 2.05) is 0 Å². The van der Waals surface area contributed by atoms with Crippen LogP contribution in [0.2, 0.25) is 0 Å². The van der Waals surface area contributed by atoms with Crippen molar-refractivity contribution in [3.63, 3.8) is 0 Å². The molecule has 0 aromatic carbocycles. The molecule has 0 fully saturated rings. The van der Waals surface area contributed by atoms with Crippen molar-refractivity contribution in [1.82, 2.24) is 0 Å². The zero-order chi connectivity index (χ0) is 7.38. The van der Waals surface area contributed by atoms with Crippen molar-refractivity contribution in [3.05, 3.63) is 0 Å². The molecular formula is F7Na3Zr. The van der Waals surface area contributed by atoms with Gasteiger partial charge < -0.3 is 0 Å². The third-order valence-electron chi connectivity index (χ3n) is 0. The summed E-state index contributed by atoms with van der Waals surface area (Å²) in [6, 6.07) is 0. The molecule has 0 saturated heterocycles. The Morgan fingerprint density at radius 1 is 0.455 bits per heavy atom. The minimum atomic E-state index is -13.4. The number of halogens is 7. The zero-order valence-corrected chi connectivity index (χ0v) is 14.6. The Kier molecular flexibility index (Phi) is 7.51. The Hall–Kier alpha value is 3.39. The van der Waals surface area contributed by atoms with Gasteiger partial charge in [-0.3, -0.25) is 0 Å². The van der Waals surface area contributed by atoms with Crippen molar-refractivity contribution in [3.8, 4) is 0 Å². The fourth-order valence-corrected chi connectivity index (χ4v) is 0. The molecule has 0 aliphatic rings. The van der Waals surface area contributed by atoms with Crippen molar-refractivity contribution >= 4 is 0 Å². The Labute approximate surface area is 124 Å². The molecule has 0 aromatic rings. The van der Waals surface area contributed by atoms with Gasteiger partial charge in [-0.05, 0) is 0 Å². The maximum absolute atomic E-state index is 13.4. The molecule has 0 spiro atoms. The molecular weight excluding hydrogens is 293 g/mol. The molecule has 0 bridgehead atoms. The predicted molar refractivity (Wildman–Crippen MR) is 7.76 cm³/mol. The average Bonchev–Trinajstić information content (AvgIpc) is 0.544. The van der Waals surface area contributed by atoms with Crippen LogP contribution in [0.3, 0.4) is 0 Å². The van der Waals surface area contributed by atoms with Gasteiger partial charge in [-0.1, -0.05) is 0 Å². The third-order valence-corrected chi connectivity index (χ3v) is 0. The molecule has 0 unspecified atom stereocenters. The van der Waals surface area contributed by atoms with E-state index in [0.717, 1.165) is 0 Å². The SMILES string of the molecule is [F][Zr-3]([F])([F])([F])([F])([F])[F].[Na+].[Na+].[Na+]. The van der Waals surface area contributed by atoms with Crippen molar-refractivity contribution in [1.29, 1.82) is 0 Å². The van der Waals surface area contributed by atoms with Crippen molar-refractivity contribution in [2.45, 2.75) is 0 Å². The Morgan fingerprint density at radius 2 is 0.455 bits per heavy atom. The third kappa shape index (κ3) is 151. The van der Waals surface area contributed by atoms with E-state index in [0.29, 0.717) is 0 Å². The van der Waals surface area contributed by atoms with Gasteiger partial charge in [0.05, 0.1) is 0 Å². The quantitative estimate of drug-likeness (QED) is 0.308. The zero-order valence-electron chi connectivity index (χ0n) is 6.15. The van der Waals surface area contributed by atoms with E-state index in [1.165, 1.54) is 0 Å². The van der Waals surface area contributed by atoms with E-state index in [1.54, 1.807) is 0 Å². The maximum atomic E-state index is 9.94. The molecule has 56 valence electrons. The fraction of sp³-hybridized carbons (Fsp3) is 0. The maximum Gasteiger partial charge on any atom is 1.00 e. The van der Waals surface area contributed by atoms with Gasteiger partial charge in [0.15, 0.2) is 0 Å². The summed E-state index contributed by atoms with van der Waals surface area (Å²) in [4.78, 5) is 0. The molecule has 0 amide bonds. The summed E-state index contributed by atoms with van der Waals surface area (Å²) in [5, 5.41) is 0. The second kappa shape index (κ2) is 3.46. The minimum Gasteiger partial charge on any atom is 1.00 e. The predicted octanol–water partition coefficient (Wildman–Crippen LogP) is -6.05. The molecule has 0 aliphatic heterocycles. The topological polar surface area (TPSA) is 0 Å². The molecule has 0 atom stereocenters. The molecule has 0 saturated carbocycles. The monoisotopic (exact) mass is 292 g/mol. The van der Waals surface area contributed by atoms with Crippen LogP contribution in [0.15, 0.2) is 0 Å². The van der Waals surface area contributed by atoms with Crippen LogP contribution in [0.1, 0.15) is 0 Å². The smallest absolute Gasteiger partial charge is 1.00 e. The van der Waals surface area contributed by atoms with Crippen LogP contribution < -0.4 is 88.7 Å². The summed E-state index contributed by atoms with van der Waals surface area (Å²) in [6.45, 7) is 0. The summed E-state index contributed by atoms with van der Waals surface area (Å²) < 4.78 is 69.6. The fourth-order valence-electron chi connectivity index (χ4n) is 0. The molecule has 0 N–H and O–H groups in total. The summed E-state index contributed by atoms with van der Waals surface area (Å²) in [5.74, 6) is 0. The van der Waals surface area contributed by atoms with Gasteiger partial charge >= 0.3 is 127 Å². The first-order valence-corrected chi connectivity index (χ1v) is 7.83. The normalized spacial score (nSPS) is 19.7. The Morgan fingerprint density at radius 3 is 0.455 bits per heavy atom. The van der Waals surface area contributed by atoms with Crippen molar-refractivity contribution in [2.75, 3.05) is 0 Å². The number of hydrogen-bond donors (Lipinski definition) is 0. The van der Waals surface area contributed by atoms with Gasteiger partial charge in [-0.15, -0.1) is 0 Å². The van der Waals surface area contributed by atoms with E-state index in [-0.39, 0.29) is 88.7 Å².